The van der Waals surface area contributed by atoms with Crippen molar-refractivity contribution in [1.29, 1.82) is 0 Å². The predicted octanol–water partition coefficient (Wildman–Crippen LogP) is 3.38. The molecule has 84 valence electrons. The van der Waals surface area contributed by atoms with Gasteiger partial charge in [-0.1, -0.05) is 28.1 Å². The second-order valence-corrected chi connectivity index (χ2v) is 5.58. The van der Waals surface area contributed by atoms with E-state index in [0.717, 1.165) is 27.2 Å². The highest BCUT2D eigenvalue weighted by atomic mass is 79.9. The summed E-state index contributed by atoms with van der Waals surface area (Å²) in [7, 11) is 0. The molecular formula is C12H13BrN2S. The Labute approximate surface area is 108 Å². The van der Waals surface area contributed by atoms with Crippen molar-refractivity contribution in [3.8, 4) is 10.6 Å². The Hall–Kier alpha value is -0.710. The first kappa shape index (κ1) is 11.8. The Bertz CT molecular complexity index is 494. The van der Waals surface area contributed by atoms with Gasteiger partial charge in [0.25, 0.3) is 0 Å². The van der Waals surface area contributed by atoms with Gasteiger partial charge in [0.15, 0.2) is 0 Å². The van der Waals surface area contributed by atoms with Crippen molar-refractivity contribution in [3.63, 3.8) is 0 Å². The minimum absolute atomic E-state index is 0.682. The zero-order valence-electron chi connectivity index (χ0n) is 9.03. The highest BCUT2D eigenvalue weighted by molar-refractivity contribution is 9.10. The number of nitrogens with two attached hydrogens (primary N) is 1. The van der Waals surface area contributed by atoms with Crippen molar-refractivity contribution >= 4 is 27.3 Å². The van der Waals surface area contributed by atoms with Crippen LogP contribution in [0.4, 0.5) is 0 Å². The first-order valence-electron chi connectivity index (χ1n) is 5.13. The van der Waals surface area contributed by atoms with E-state index in [1.54, 1.807) is 11.3 Å². The van der Waals surface area contributed by atoms with E-state index in [1.165, 1.54) is 4.88 Å². The summed E-state index contributed by atoms with van der Waals surface area (Å²) in [6, 6.07) is 8.21. The Morgan fingerprint density at radius 2 is 2.25 bits per heavy atom. The van der Waals surface area contributed by atoms with E-state index in [9.17, 15) is 0 Å². The van der Waals surface area contributed by atoms with Crippen LogP contribution in [0.2, 0.25) is 0 Å². The highest BCUT2D eigenvalue weighted by Gasteiger charge is 2.08. The topological polar surface area (TPSA) is 38.9 Å². The molecule has 0 amide bonds. The maximum absolute atomic E-state index is 5.57. The molecule has 0 bridgehead atoms. The molecule has 0 saturated carbocycles. The Balaban J connectivity index is 2.37. The molecule has 1 heterocycles. The number of nitrogens with zero attached hydrogens (tertiary/aromatic N) is 1. The quantitative estimate of drug-likeness (QED) is 0.943. The van der Waals surface area contributed by atoms with Gasteiger partial charge in [0.1, 0.15) is 5.01 Å². The van der Waals surface area contributed by atoms with Gasteiger partial charge in [0.2, 0.25) is 0 Å². The van der Waals surface area contributed by atoms with Crippen molar-refractivity contribution in [2.45, 2.75) is 13.3 Å². The number of hydrogen-bond donors (Lipinski definition) is 1. The van der Waals surface area contributed by atoms with Gasteiger partial charge in [-0.05, 0) is 32.0 Å². The SMILES string of the molecule is Cc1nc(-c2cccc(Br)c2)sc1CCN. The molecule has 0 saturated heterocycles. The lowest BCUT2D eigenvalue weighted by atomic mass is 10.2. The summed E-state index contributed by atoms with van der Waals surface area (Å²) in [5.41, 5.74) is 7.83. The van der Waals surface area contributed by atoms with E-state index in [2.05, 4.69) is 33.0 Å². The molecule has 0 aliphatic carbocycles. The van der Waals surface area contributed by atoms with Crippen molar-refractivity contribution in [2.75, 3.05) is 6.54 Å². The Kier molecular flexibility index (Phi) is 3.74. The molecule has 16 heavy (non-hydrogen) atoms. The third kappa shape index (κ3) is 2.51. The number of hydrogen-bond acceptors (Lipinski definition) is 3. The van der Waals surface area contributed by atoms with Crippen LogP contribution >= 0.6 is 27.3 Å². The summed E-state index contributed by atoms with van der Waals surface area (Å²) in [6.45, 7) is 2.73. The average Bonchev–Trinajstić information content (AvgIpc) is 2.61. The fourth-order valence-electron chi connectivity index (χ4n) is 1.54. The number of halogens is 1. The molecule has 1 aromatic heterocycles. The molecule has 0 radical (unpaired) electrons. The normalized spacial score (nSPS) is 10.7. The van der Waals surface area contributed by atoms with Crippen LogP contribution in [-0.4, -0.2) is 11.5 Å². The van der Waals surface area contributed by atoms with Gasteiger partial charge in [-0.2, -0.15) is 0 Å². The van der Waals surface area contributed by atoms with Gasteiger partial charge in [-0.25, -0.2) is 4.98 Å². The van der Waals surface area contributed by atoms with Crippen LogP contribution in [0.3, 0.4) is 0 Å². The summed E-state index contributed by atoms with van der Waals surface area (Å²) in [5.74, 6) is 0. The molecule has 0 unspecified atom stereocenters. The number of aromatic nitrogens is 1. The largest absolute Gasteiger partial charge is 0.330 e. The highest BCUT2D eigenvalue weighted by Crippen LogP contribution is 2.29. The molecule has 0 fully saturated rings. The van der Waals surface area contributed by atoms with E-state index >= 15 is 0 Å². The number of rotatable bonds is 3. The van der Waals surface area contributed by atoms with Crippen molar-refractivity contribution in [1.82, 2.24) is 4.98 Å². The van der Waals surface area contributed by atoms with Crippen LogP contribution in [0, 0.1) is 6.92 Å². The number of aryl methyl sites for hydroxylation is 1. The first-order valence-corrected chi connectivity index (χ1v) is 6.74. The molecule has 0 atom stereocenters. The van der Waals surface area contributed by atoms with Gasteiger partial charge in [0, 0.05) is 14.9 Å². The summed E-state index contributed by atoms with van der Waals surface area (Å²) in [6.07, 6.45) is 0.914. The van der Waals surface area contributed by atoms with Crippen LogP contribution < -0.4 is 5.73 Å². The molecule has 2 rings (SSSR count). The van der Waals surface area contributed by atoms with Crippen molar-refractivity contribution in [3.05, 3.63) is 39.3 Å². The molecule has 1 aromatic carbocycles. The second kappa shape index (κ2) is 5.08. The number of thiazole rings is 1. The average molecular weight is 297 g/mol. The monoisotopic (exact) mass is 296 g/mol. The maximum atomic E-state index is 5.57. The zero-order valence-corrected chi connectivity index (χ0v) is 11.4. The van der Waals surface area contributed by atoms with Crippen LogP contribution in [0.15, 0.2) is 28.7 Å². The summed E-state index contributed by atoms with van der Waals surface area (Å²) >= 11 is 5.21. The van der Waals surface area contributed by atoms with Crippen molar-refractivity contribution < 1.29 is 0 Å². The molecular weight excluding hydrogens is 284 g/mol. The molecule has 0 aliphatic heterocycles. The zero-order chi connectivity index (χ0) is 11.5. The van der Waals surface area contributed by atoms with Gasteiger partial charge < -0.3 is 5.73 Å². The van der Waals surface area contributed by atoms with E-state index in [1.807, 2.05) is 19.1 Å². The molecule has 4 heteroatoms. The van der Waals surface area contributed by atoms with E-state index in [4.69, 9.17) is 5.73 Å². The van der Waals surface area contributed by atoms with E-state index in [0.29, 0.717) is 6.54 Å². The van der Waals surface area contributed by atoms with Crippen LogP contribution in [-0.2, 0) is 6.42 Å². The Morgan fingerprint density at radius 3 is 2.94 bits per heavy atom. The van der Waals surface area contributed by atoms with E-state index in [-0.39, 0.29) is 0 Å². The van der Waals surface area contributed by atoms with Gasteiger partial charge >= 0.3 is 0 Å². The second-order valence-electron chi connectivity index (χ2n) is 3.58. The standard InChI is InChI=1S/C12H13BrN2S/c1-8-11(5-6-14)16-12(15-8)9-3-2-4-10(13)7-9/h2-4,7H,5-6,14H2,1H3. The lowest BCUT2D eigenvalue weighted by Crippen LogP contribution is -2.01. The molecule has 2 N–H and O–H groups in total. The summed E-state index contributed by atoms with van der Waals surface area (Å²) in [4.78, 5) is 5.87. The van der Waals surface area contributed by atoms with Gasteiger partial charge in [-0.15, -0.1) is 11.3 Å². The number of benzene rings is 1. The lowest BCUT2D eigenvalue weighted by Gasteiger charge is -1.96. The molecule has 0 spiro atoms. The van der Waals surface area contributed by atoms with Gasteiger partial charge in [-0.3, -0.25) is 0 Å². The molecule has 2 nitrogen and oxygen atoms in total. The Morgan fingerprint density at radius 1 is 1.44 bits per heavy atom. The molecule has 2 aromatic rings. The fourth-order valence-corrected chi connectivity index (χ4v) is 3.01. The minimum Gasteiger partial charge on any atom is -0.330 e. The van der Waals surface area contributed by atoms with E-state index < -0.39 is 0 Å². The smallest absolute Gasteiger partial charge is 0.123 e. The lowest BCUT2D eigenvalue weighted by molar-refractivity contribution is 0.970. The van der Waals surface area contributed by atoms with Crippen molar-refractivity contribution in [2.24, 2.45) is 5.73 Å². The van der Waals surface area contributed by atoms with Crippen LogP contribution in [0.1, 0.15) is 10.6 Å². The maximum Gasteiger partial charge on any atom is 0.123 e. The summed E-state index contributed by atoms with van der Waals surface area (Å²) < 4.78 is 1.08. The first-order chi connectivity index (χ1) is 7.70. The van der Waals surface area contributed by atoms with Crippen LogP contribution in [0.5, 0.6) is 0 Å². The van der Waals surface area contributed by atoms with Crippen LogP contribution in [0.25, 0.3) is 10.6 Å². The fraction of sp³-hybridized carbons (Fsp3) is 0.250. The molecule has 0 aliphatic rings. The third-order valence-corrected chi connectivity index (χ3v) is 4.10. The minimum atomic E-state index is 0.682. The third-order valence-electron chi connectivity index (χ3n) is 2.34. The van der Waals surface area contributed by atoms with Gasteiger partial charge in [0.05, 0.1) is 5.69 Å². The predicted molar refractivity (Wildman–Crippen MR) is 72.7 cm³/mol. The summed E-state index contributed by atoms with van der Waals surface area (Å²) in [5, 5.41) is 1.07.